The third kappa shape index (κ3) is 40.8. The van der Waals surface area contributed by atoms with Gasteiger partial charge in [-0.3, -0.25) is 62.3 Å². The summed E-state index contributed by atoms with van der Waals surface area (Å²) in [5.41, 5.74) is 0. The van der Waals surface area contributed by atoms with Crippen molar-refractivity contribution >= 4 is 77.5 Å². The zero-order valence-corrected chi connectivity index (χ0v) is 69.7. The van der Waals surface area contributed by atoms with Crippen LogP contribution in [0.2, 0.25) is 0 Å². The van der Waals surface area contributed by atoms with Gasteiger partial charge in [-0.25, -0.2) is 0 Å². The smallest absolute Gasteiger partial charge is 0.303 e. The van der Waals surface area contributed by atoms with E-state index < -0.39 is 214 Å². The van der Waals surface area contributed by atoms with E-state index in [1.807, 2.05) is 0 Å². The number of esters is 12. The summed E-state index contributed by atoms with van der Waals surface area (Å²) in [6.07, 6.45) is -1.57. The van der Waals surface area contributed by atoms with Crippen LogP contribution in [-0.4, -0.2) is 214 Å². The molecule has 0 bridgehead atoms. The lowest BCUT2D eigenvalue weighted by molar-refractivity contribution is -0.386. The third-order valence-corrected chi connectivity index (χ3v) is 19.2. The minimum Gasteiger partial charge on any atom is -0.463 e. The molecule has 0 aromatic rings. The predicted octanol–water partition coefficient (Wildman–Crippen LogP) is 11.0. The molecule has 0 spiro atoms. The van der Waals surface area contributed by atoms with Crippen molar-refractivity contribution in [3.63, 3.8) is 0 Å². The Morgan fingerprint density at radius 3 is 1.02 bits per heavy atom. The average molecular weight is 1620 g/mol. The molecule has 0 unspecified atom stereocenters. The van der Waals surface area contributed by atoms with E-state index in [9.17, 15) is 57.5 Å². The van der Waals surface area contributed by atoms with Gasteiger partial charge in [0.15, 0.2) is 73.8 Å². The topological polar surface area (TPSA) is 400 Å². The first-order valence-corrected chi connectivity index (χ1v) is 40.9. The Kier molecular flexibility index (Phi) is 49.8. The van der Waals surface area contributed by atoms with Crippen molar-refractivity contribution in [1.29, 1.82) is 0 Å². The highest BCUT2D eigenvalue weighted by Crippen LogP contribution is 2.39. The van der Waals surface area contributed by atoms with Crippen LogP contribution >= 0.6 is 0 Å². The average Bonchev–Trinajstić information content (AvgIpc) is 0.759. The van der Waals surface area contributed by atoms with Crippen LogP contribution in [0, 0.1) is 0 Å². The molecule has 19 atom stereocenters. The zero-order chi connectivity index (χ0) is 84.0. The van der Waals surface area contributed by atoms with E-state index in [4.69, 9.17) is 85.3 Å². The molecule has 0 aliphatic carbocycles. The van der Waals surface area contributed by atoms with Crippen LogP contribution in [0.4, 0.5) is 0 Å². The summed E-state index contributed by atoms with van der Waals surface area (Å²) in [5.74, 6) is -12.3. The van der Waals surface area contributed by atoms with Gasteiger partial charge in [0.25, 0.3) is 5.91 Å². The molecule has 0 saturated carbocycles. The lowest BCUT2D eigenvalue weighted by atomic mass is 9.95. The molecule has 0 aromatic heterocycles. The lowest BCUT2D eigenvalue weighted by Gasteiger charge is -2.50. The summed E-state index contributed by atoms with van der Waals surface area (Å²) in [6, 6.07) is -1.62. The molecule has 0 radical (unpaired) electrons. The highest BCUT2D eigenvalue weighted by molar-refractivity contribution is 5.83. The van der Waals surface area contributed by atoms with Gasteiger partial charge in [-0.05, 0) is 32.6 Å². The van der Waals surface area contributed by atoms with Gasteiger partial charge in [0.2, 0.25) is 0 Å². The van der Waals surface area contributed by atoms with Gasteiger partial charge in [-0.15, -0.1) is 0 Å². The van der Waals surface area contributed by atoms with Crippen LogP contribution in [0.25, 0.3) is 0 Å². The highest BCUT2D eigenvalue weighted by Gasteiger charge is 2.60. The number of unbranched alkanes of at least 4 members (excludes halogenated alkanes) is 27. The minimum atomic E-state index is -2.13. The van der Waals surface area contributed by atoms with Crippen molar-refractivity contribution < 1.29 is 148 Å². The Hall–Kier alpha value is -7.13. The standard InChI is InChI=1S/C81H133NO31/c1-16-18-20-22-24-26-28-29-30-31-32-33-34-35-36-38-40-42-44-46-65(101-54(7)86)78(95)82-63(69(103-56(9)88)64(100-53(6)85)45-43-41-39-37-27-25-23-21-19-17-2)47-98-79-75(107-60(13)92)74(113-80-76(108-61(14)93)72(105-58(11)90)68(50(3)99-80)102-55(8)87)71(67(110-79)49-97-52(5)84)112-81-77(109-62(15)94)73(106-59(12)91)70(104-57(10)89)66(111-81)48-96-51(4)83/h50,63-77,79-81H,16-49H2,1-15H3,(H,82,95)/t50-,63-,64+,65+,66+,67+,68+,69-,70-,71+,72+,73-,74-,75+,76-,77+,79+,80-,81-/m0/s1. The molecule has 32 nitrogen and oxygen atoms in total. The number of ether oxygens (including phenoxy) is 18. The fraction of sp³-hybridized carbons (Fsp3) is 0.840. The monoisotopic (exact) mass is 1620 g/mol. The summed E-state index contributed by atoms with van der Waals surface area (Å²) < 4.78 is 109. The Morgan fingerprint density at radius 2 is 0.628 bits per heavy atom. The van der Waals surface area contributed by atoms with Crippen molar-refractivity contribution in [2.75, 3.05) is 19.8 Å². The third-order valence-electron chi connectivity index (χ3n) is 19.2. The molecule has 3 saturated heterocycles. The zero-order valence-electron chi connectivity index (χ0n) is 69.7. The minimum absolute atomic E-state index is 0.0379. The van der Waals surface area contributed by atoms with Crippen LogP contribution < -0.4 is 5.32 Å². The summed E-state index contributed by atoms with van der Waals surface area (Å²) in [6.45, 7) is 15.6. The van der Waals surface area contributed by atoms with Crippen molar-refractivity contribution in [3.8, 4) is 0 Å². The van der Waals surface area contributed by atoms with E-state index in [1.165, 1.54) is 84.0 Å². The number of nitrogens with one attached hydrogen (secondary N) is 1. The highest BCUT2D eigenvalue weighted by atomic mass is 16.8. The summed E-state index contributed by atoms with van der Waals surface area (Å²) in [4.78, 5) is 173. The summed E-state index contributed by atoms with van der Waals surface area (Å²) in [7, 11) is 0. The first-order chi connectivity index (χ1) is 53.8. The normalized spacial score (nSPS) is 24.4. The molecular weight excluding hydrogens is 1480 g/mol. The fourth-order valence-corrected chi connectivity index (χ4v) is 14.2. The van der Waals surface area contributed by atoms with Gasteiger partial charge in [0, 0.05) is 83.1 Å². The molecule has 3 rings (SSSR count). The second-order valence-electron chi connectivity index (χ2n) is 29.5. The van der Waals surface area contributed by atoms with Gasteiger partial charge in [0.1, 0.15) is 43.7 Å². The molecule has 3 heterocycles. The van der Waals surface area contributed by atoms with Crippen molar-refractivity contribution in [2.24, 2.45) is 0 Å². The van der Waals surface area contributed by atoms with Gasteiger partial charge in [-0.1, -0.05) is 187 Å². The van der Waals surface area contributed by atoms with E-state index in [-0.39, 0.29) is 12.8 Å². The Morgan fingerprint density at radius 1 is 0.310 bits per heavy atom. The molecule has 0 aromatic carbocycles. The van der Waals surface area contributed by atoms with Crippen molar-refractivity contribution in [3.05, 3.63) is 0 Å². The van der Waals surface area contributed by atoms with Gasteiger partial charge >= 0.3 is 71.6 Å². The van der Waals surface area contributed by atoms with Crippen LogP contribution in [0.3, 0.4) is 0 Å². The number of carbonyl (C=O) groups is 13. The number of carbonyl (C=O) groups excluding carboxylic acids is 13. The molecule has 1 amide bonds. The van der Waals surface area contributed by atoms with Gasteiger partial charge < -0.3 is 90.6 Å². The number of rotatable bonds is 56. The number of hydrogen-bond donors (Lipinski definition) is 1. The number of amides is 1. The largest absolute Gasteiger partial charge is 0.463 e. The fourth-order valence-electron chi connectivity index (χ4n) is 14.2. The summed E-state index contributed by atoms with van der Waals surface area (Å²) in [5, 5.41) is 2.86. The Labute approximate surface area is 667 Å². The maximum atomic E-state index is 15.1. The first kappa shape index (κ1) is 100. The maximum Gasteiger partial charge on any atom is 0.303 e. The predicted molar refractivity (Wildman–Crippen MR) is 403 cm³/mol. The van der Waals surface area contributed by atoms with Crippen LogP contribution in [-0.2, 0) is 148 Å². The van der Waals surface area contributed by atoms with Crippen molar-refractivity contribution in [2.45, 2.75) is 419 Å². The molecule has 3 aliphatic rings. The van der Waals surface area contributed by atoms with Crippen LogP contribution in [0.5, 0.6) is 0 Å². The molecule has 1 N–H and O–H groups in total. The van der Waals surface area contributed by atoms with E-state index in [0.29, 0.717) is 25.7 Å². The van der Waals surface area contributed by atoms with E-state index in [2.05, 4.69) is 19.2 Å². The number of hydrogen-bond acceptors (Lipinski definition) is 31. The van der Waals surface area contributed by atoms with Crippen LogP contribution in [0.1, 0.15) is 303 Å². The van der Waals surface area contributed by atoms with E-state index in [0.717, 1.165) is 167 Å². The molecule has 32 heteroatoms. The second kappa shape index (κ2) is 56.2. The van der Waals surface area contributed by atoms with E-state index in [1.54, 1.807) is 0 Å². The van der Waals surface area contributed by atoms with Crippen molar-refractivity contribution in [1.82, 2.24) is 5.32 Å². The second-order valence-corrected chi connectivity index (χ2v) is 29.5. The molecule has 3 aliphatic heterocycles. The molecule has 648 valence electrons. The molecule has 113 heavy (non-hydrogen) atoms. The Bertz CT molecular complexity index is 2890. The molecular formula is C81H133NO31. The first-order valence-electron chi connectivity index (χ1n) is 40.9. The SMILES string of the molecule is CCCCCCCCCCCCCCCCCCCCC[C@@H](OC(C)=O)C(=O)N[C@@H](CO[C@@H]1O[C@H](COC(C)=O)[C@@H](O[C@@H]2O[C@H](COC(C)=O)[C@H](OC(C)=O)[C@H](OC(C)=O)[C@H]2OC(C)=O)[C@H](O[C@@H]2O[C@@H](C)[C@@H](OC(C)=O)[C@@H](OC(C)=O)[C@@H]2OC(C)=O)[C@H]1OC(C)=O)[C@H](OC(C)=O)[C@@H](CCCCCCCCCCCC)OC(C)=O. The lowest BCUT2D eigenvalue weighted by Crippen LogP contribution is -2.69. The maximum absolute atomic E-state index is 15.1. The van der Waals surface area contributed by atoms with E-state index >= 15 is 4.79 Å². The quantitative estimate of drug-likeness (QED) is 0.0336. The van der Waals surface area contributed by atoms with Gasteiger partial charge in [-0.2, -0.15) is 0 Å². The van der Waals surface area contributed by atoms with Crippen LogP contribution in [0.15, 0.2) is 0 Å². The Balaban J connectivity index is 2.32. The molecule has 3 fully saturated rings. The summed E-state index contributed by atoms with van der Waals surface area (Å²) >= 11 is 0. The van der Waals surface area contributed by atoms with Gasteiger partial charge in [0.05, 0.1) is 18.8 Å².